The number of nitrogens with one attached hydrogen (secondary N) is 1. The number of hydrogen-bond acceptors (Lipinski definition) is 4. The molecule has 2 heterocycles. The van der Waals surface area contributed by atoms with Crippen molar-refractivity contribution in [2.75, 3.05) is 31.6 Å². The number of para-hydroxylation sites is 1. The Balaban J connectivity index is 1.47. The molecule has 0 unspecified atom stereocenters. The number of benzene rings is 2. The topological polar surface area (TPSA) is 67.9 Å². The van der Waals surface area contributed by atoms with Crippen molar-refractivity contribution in [1.29, 1.82) is 0 Å². The monoisotopic (exact) mass is 426 g/mol. The van der Waals surface area contributed by atoms with Gasteiger partial charge in [-0.25, -0.2) is 0 Å². The highest BCUT2D eigenvalue weighted by Gasteiger charge is 2.21. The second-order valence-electron chi connectivity index (χ2n) is 7.25. The first-order valence-corrected chi connectivity index (χ1v) is 10.5. The Hall–Kier alpha value is -2.99. The average molecular weight is 427 g/mol. The van der Waals surface area contributed by atoms with Crippen LogP contribution in [0, 0.1) is 0 Å². The molecule has 0 atom stereocenters. The summed E-state index contributed by atoms with van der Waals surface area (Å²) in [5.74, 6) is 0.703. The molecule has 0 saturated carbocycles. The van der Waals surface area contributed by atoms with E-state index in [2.05, 4.69) is 5.32 Å². The van der Waals surface area contributed by atoms with Gasteiger partial charge in [0.15, 0.2) is 11.5 Å². The number of piperidine rings is 1. The fourth-order valence-electron chi connectivity index (χ4n) is 3.62. The molecule has 7 heteroatoms. The van der Waals surface area contributed by atoms with Crippen molar-refractivity contribution in [1.82, 2.24) is 4.90 Å². The summed E-state index contributed by atoms with van der Waals surface area (Å²) >= 11 is 6.24. The largest absolute Gasteiger partial charge is 0.486 e. The molecule has 30 heavy (non-hydrogen) atoms. The summed E-state index contributed by atoms with van der Waals surface area (Å²) in [6.45, 7) is 2.43. The Bertz CT molecular complexity index is 983. The summed E-state index contributed by atoms with van der Waals surface area (Å²) in [5.41, 5.74) is 1.73. The van der Waals surface area contributed by atoms with Crippen LogP contribution >= 0.6 is 11.6 Å². The van der Waals surface area contributed by atoms with E-state index < -0.39 is 0 Å². The zero-order valence-corrected chi connectivity index (χ0v) is 17.3. The van der Waals surface area contributed by atoms with Gasteiger partial charge in [0.05, 0.1) is 16.3 Å². The molecule has 2 aliphatic rings. The zero-order valence-electron chi connectivity index (χ0n) is 16.5. The molecule has 6 nitrogen and oxygen atoms in total. The molecule has 2 amide bonds. The van der Waals surface area contributed by atoms with Crippen LogP contribution in [0.3, 0.4) is 0 Å². The van der Waals surface area contributed by atoms with Gasteiger partial charge < -0.3 is 19.7 Å². The fraction of sp³-hybridized carbons (Fsp3) is 0.304. The second-order valence-corrected chi connectivity index (χ2v) is 7.66. The first kappa shape index (κ1) is 20.3. The zero-order chi connectivity index (χ0) is 20.9. The highest BCUT2D eigenvalue weighted by Crippen LogP contribution is 2.38. The van der Waals surface area contributed by atoms with Crippen LogP contribution in [0.2, 0.25) is 5.02 Å². The van der Waals surface area contributed by atoms with Gasteiger partial charge in [0.1, 0.15) is 13.2 Å². The summed E-state index contributed by atoms with van der Waals surface area (Å²) in [6.07, 6.45) is 6.23. The first-order chi connectivity index (χ1) is 14.6. The van der Waals surface area contributed by atoms with E-state index in [1.807, 2.05) is 4.90 Å². The number of rotatable bonds is 4. The van der Waals surface area contributed by atoms with Crippen molar-refractivity contribution in [3.63, 3.8) is 0 Å². The van der Waals surface area contributed by atoms with E-state index in [4.69, 9.17) is 21.1 Å². The quantitative estimate of drug-likeness (QED) is 0.736. The lowest BCUT2D eigenvalue weighted by molar-refractivity contribution is -0.111. The van der Waals surface area contributed by atoms with Crippen LogP contribution in [-0.2, 0) is 4.79 Å². The Morgan fingerprint density at radius 1 is 1.03 bits per heavy atom. The number of anilines is 1. The van der Waals surface area contributed by atoms with Crippen molar-refractivity contribution >= 4 is 35.2 Å². The van der Waals surface area contributed by atoms with Gasteiger partial charge in [0, 0.05) is 19.2 Å². The maximum Gasteiger partial charge on any atom is 0.255 e. The molecule has 0 spiro atoms. The van der Waals surface area contributed by atoms with Gasteiger partial charge >= 0.3 is 0 Å². The first-order valence-electron chi connectivity index (χ1n) is 10.1. The van der Waals surface area contributed by atoms with Crippen molar-refractivity contribution in [2.45, 2.75) is 19.3 Å². The molecular weight excluding hydrogens is 404 g/mol. The fourth-order valence-corrected chi connectivity index (χ4v) is 3.89. The highest BCUT2D eigenvalue weighted by atomic mass is 35.5. The van der Waals surface area contributed by atoms with Gasteiger partial charge in [-0.1, -0.05) is 23.7 Å². The number of halogens is 1. The lowest BCUT2D eigenvalue weighted by atomic mass is 10.1. The number of carbonyl (C=O) groups excluding carboxylic acids is 2. The van der Waals surface area contributed by atoms with Crippen molar-refractivity contribution < 1.29 is 19.1 Å². The molecule has 1 fully saturated rings. The number of likely N-dealkylation sites (tertiary alicyclic amines) is 1. The average Bonchev–Trinajstić information content (AvgIpc) is 2.78. The molecule has 2 aromatic rings. The molecule has 156 valence electrons. The molecule has 2 aromatic carbocycles. The predicted octanol–water partition coefficient (Wildman–Crippen LogP) is 4.39. The summed E-state index contributed by atoms with van der Waals surface area (Å²) in [5, 5.41) is 3.25. The Morgan fingerprint density at radius 2 is 1.80 bits per heavy atom. The van der Waals surface area contributed by atoms with Gasteiger partial charge in [-0.15, -0.1) is 0 Å². The number of fused-ring (bicyclic) bond motifs is 1. The number of nitrogens with zero attached hydrogens (tertiary/aromatic N) is 1. The molecule has 0 radical (unpaired) electrons. The van der Waals surface area contributed by atoms with Crippen molar-refractivity contribution in [3.05, 3.63) is 58.6 Å². The summed E-state index contributed by atoms with van der Waals surface area (Å²) < 4.78 is 11.1. The Morgan fingerprint density at radius 3 is 2.63 bits per heavy atom. The summed E-state index contributed by atoms with van der Waals surface area (Å²) in [4.78, 5) is 27.2. The summed E-state index contributed by atoms with van der Waals surface area (Å²) in [6, 6.07) is 10.6. The van der Waals surface area contributed by atoms with E-state index in [-0.39, 0.29) is 11.8 Å². The predicted molar refractivity (Wildman–Crippen MR) is 116 cm³/mol. The van der Waals surface area contributed by atoms with Crippen LogP contribution in [0.25, 0.3) is 6.08 Å². The maximum absolute atomic E-state index is 12.9. The third-order valence-electron chi connectivity index (χ3n) is 5.10. The minimum Gasteiger partial charge on any atom is -0.486 e. The van der Waals surface area contributed by atoms with Gasteiger partial charge in [-0.3, -0.25) is 9.59 Å². The van der Waals surface area contributed by atoms with Gasteiger partial charge in [0.25, 0.3) is 5.91 Å². The Labute approximate surface area is 180 Å². The van der Waals surface area contributed by atoms with Crippen LogP contribution < -0.4 is 14.8 Å². The normalized spacial score (nSPS) is 15.8. The smallest absolute Gasteiger partial charge is 0.255 e. The third-order valence-corrected chi connectivity index (χ3v) is 5.39. The molecule has 4 rings (SSSR count). The summed E-state index contributed by atoms with van der Waals surface area (Å²) in [7, 11) is 0. The van der Waals surface area contributed by atoms with E-state index in [1.54, 1.807) is 42.5 Å². The van der Waals surface area contributed by atoms with E-state index in [1.165, 1.54) is 6.08 Å². The number of amides is 2. The van der Waals surface area contributed by atoms with E-state index in [0.29, 0.717) is 41.0 Å². The van der Waals surface area contributed by atoms with Gasteiger partial charge in [0.2, 0.25) is 5.91 Å². The van der Waals surface area contributed by atoms with Crippen LogP contribution in [0.5, 0.6) is 11.5 Å². The number of hydrogen-bond donors (Lipinski definition) is 1. The van der Waals surface area contributed by atoms with Crippen LogP contribution in [-0.4, -0.2) is 43.0 Å². The molecule has 0 aromatic heterocycles. The van der Waals surface area contributed by atoms with Crippen LogP contribution in [0.15, 0.2) is 42.5 Å². The minimum absolute atomic E-state index is 0.0480. The lowest BCUT2D eigenvalue weighted by Gasteiger charge is -2.27. The number of carbonyl (C=O) groups is 2. The number of ether oxygens (including phenoxy) is 2. The second kappa shape index (κ2) is 9.22. The van der Waals surface area contributed by atoms with E-state index >= 15 is 0 Å². The SMILES string of the molecule is O=C(/C=C/c1cc(Cl)c2c(c1)OCCO2)Nc1ccccc1C(=O)N1CCCCC1. The molecule has 0 aliphatic carbocycles. The van der Waals surface area contributed by atoms with Crippen LogP contribution in [0.4, 0.5) is 5.69 Å². The van der Waals surface area contributed by atoms with E-state index in [9.17, 15) is 9.59 Å². The molecule has 0 bridgehead atoms. The molecular formula is C23H23ClN2O4. The minimum atomic E-state index is -0.333. The lowest BCUT2D eigenvalue weighted by Crippen LogP contribution is -2.36. The Kier molecular flexibility index (Phi) is 6.23. The van der Waals surface area contributed by atoms with Crippen molar-refractivity contribution in [2.24, 2.45) is 0 Å². The highest BCUT2D eigenvalue weighted by molar-refractivity contribution is 6.32. The third kappa shape index (κ3) is 4.60. The van der Waals surface area contributed by atoms with Crippen LogP contribution in [0.1, 0.15) is 35.2 Å². The standard InChI is InChI=1S/C23H23ClN2O4/c24-18-14-16(15-20-22(18)30-13-12-29-20)8-9-21(27)25-19-7-3-2-6-17(19)23(28)26-10-4-1-5-11-26/h2-3,6-9,14-15H,1,4-5,10-13H2,(H,25,27)/b9-8+. The van der Waals surface area contributed by atoms with Crippen molar-refractivity contribution in [3.8, 4) is 11.5 Å². The van der Waals surface area contributed by atoms with Gasteiger partial charge in [-0.2, -0.15) is 0 Å². The van der Waals surface area contributed by atoms with Gasteiger partial charge in [-0.05, 0) is 55.2 Å². The molecule has 2 aliphatic heterocycles. The molecule has 1 N–H and O–H groups in total. The molecule has 1 saturated heterocycles. The van der Waals surface area contributed by atoms with E-state index in [0.717, 1.165) is 37.9 Å². The maximum atomic E-state index is 12.9.